The van der Waals surface area contributed by atoms with Crippen LogP contribution in [0.25, 0.3) is 0 Å². The Morgan fingerprint density at radius 2 is 2.11 bits per heavy atom. The van der Waals surface area contributed by atoms with Crippen LogP contribution in [-0.2, 0) is 0 Å². The van der Waals surface area contributed by atoms with E-state index >= 15 is 0 Å². The highest BCUT2D eigenvalue weighted by atomic mass is 32.1. The second kappa shape index (κ2) is 5.59. The van der Waals surface area contributed by atoms with Crippen molar-refractivity contribution in [3.63, 3.8) is 0 Å². The van der Waals surface area contributed by atoms with Crippen LogP contribution >= 0.6 is 24.0 Å². The van der Waals surface area contributed by atoms with Crippen molar-refractivity contribution in [1.82, 2.24) is 0 Å². The van der Waals surface area contributed by atoms with Gasteiger partial charge < -0.3 is 5.32 Å². The third kappa shape index (κ3) is 3.15. The summed E-state index contributed by atoms with van der Waals surface area (Å²) in [5, 5.41) is 4.75. The van der Waals surface area contributed by atoms with E-state index in [1.165, 1.54) is 16.9 Å². The second-order valence-corrected chi connectivity index (χ2v) is 5.83. The summed E-state index contributed by atoms with van der Waals surface area (Å²) in [5.74, 6) is 0.369. The van der Waals surface area contributed by atoms with Crippen LogP contribution < -0.4 is 5.32 Å². The minimum absolute atomic E-state index is 0.0822. The molecule has 1 aromatic carbocycles. The number of benzene rings is 1. The summed E-state index contributed by atoms with van der Waals surface area (Å²) < 4.78 is 0. The second-order valence-electron chi connectivity index (χ2n) is 4.40. The zero-order valence-corrected chi connectivity index (χ0v) is 12.0. The normalized spacial score (nSPS) is 10.7. The summed E-state index contributed by atoms with van der Waals surface area (Å²) in [6.07, 6.45) is 0. The van der Waals surface area contributed by atoms with Gasteiger partial charge in [-0.2, -0.15) is 0 Å². The summed E-state index contributed by atoms with van der Waals surface area (Å²) in [5.41, 5.74) is 2.05. The van der Waals surface area contributed by atoms with Crippen LogP contribution in [0.2, 0.25) is 0 Å². The lowest BCUT2D eigenvalue weighted by atomic mass is 10.0. The Morgan fingerprint density at radius 3 is 2.72 bits per heavy atom. The van der Waals surface area contributed by atoms with Gasteiger partial charge >= 0.3 is 0 Å². The van der Waals surface area contributed by atoms with E-state index in [1.54, 1.807) is 6.07 Å². The molecule has 0 atom stereocenters. The average Bonchev–Trinajstić information content (AvgIpc) is 2.76. The summed E-state index contributed by atoms with van der Waals surface area (Å²) in [6, 6.07) is 9.72. The SMILES string of the molecule is CC(C)c1cccc(NC(=O)c2cc(S)cs2)c1. The first kappa shape index (κ1) is 13.2. The molecule has 0 aliphatic heterocycles. The minimum atomic E-state index is -0.0822. The summed E-state index contributed by atoms with van der Waals surface area (Å²) >= 11 is 5.60. The molecule has 1 N–H and O–H groups in total. The Balaban J connectivity index is 2.14. The third-order valence-electron chi connectivity index (χ3n) is 2.62. The summed E-state index contributed by atoms with van der Waals surface area (Å²) in [4.78, 5) is 13.5. The van der Waals surface area contributed by atoms with Gasteiger partial charge in [-0.1, -0.05) is 26.0 Å². The lowest BCUT2D eigenvalue weighted by molar-refractivity contribution is 0.103. The van der Waals surface area contributed by atoms with Crippen LogP contribution in [0.1, 0.15) is 35.0 Å². The zero-order chi connectivity index (χ0) is 13.1. The molecule has 2 aromatic rings. The molecule has 2 rings (SSSR count). The molecular formula is C14H15NOS2. The largest absolute Gasteiger partial charge is 0.321 e. The molecule has 0 saturated heterocycles. The van der Waals surface area contributed by atoms with Gasteiger partial charge in [0.2, 0.25) is 0 Å². The number of carbonyl (C=O) groups is 1. The molecule has 0 bridgehead atoms. The topological polar surface area (TPSA) is 29.1 Å². The van der Waals surface area contributed by atoms with Crippen molar-refractivity contribution >= 4 is 35.6 Å². The van der Waals surface area contributed by atoms with E-state index in [4.69, 9.17) is 0 Å². The molecule has 0 fully saturated rings. The molecule has 0 radical (unpaired) electrons. The molecule has 0 spiro atoms. The fraction of sp³-hybridized carbons (Fsp3) is 0.214. The van der Waals surface area contributed by atoms with E-state index in [0.29, 0.717) is 10.8 Å². The number of thiol groups is 1. The van der Waals surface area contributed by atoms with Crippen LogP contribution in [-0.4, -0.2) is 5.91 Å². The Morgan fingerprint density at radius 1 is 1.33 bits per heavy atom. The van der Waals surface area contributed by atoms with E-state index in [-0.39, 0.29) is 5.91 Å². The number of hydrogen-bond donors (Lipinski definition) is 2. The zero-order valence-electron chi connectivity index (χ0n) is 10.3. The van der Waals surface area contributed by atoms with E-state index < -0.39 is 0 Å². The highest BCUT2D eigenvalue weighted by Crippen LogP contribution is 2.21. The van der Waals surface area contributed by atoms with Gasteiger partial charge in [-0.25, -0.2) is 0 Å². The predicted octanol–water partition coefficient (Wildman–Crippen LogP) is 4.41. The van der Waals surface area contributed by atoms with Gasteiger partial charge in [-0.3, -0.25) is 4.79 Å². The van der Waals surface area contributed by atoms with Crippen LogP contribution in [0.5, 0.6) is 0 Å². The van der Waals surface area contributed by atoms with Crippen molar-refractivity contribution in [3.05, 3.63) is 46.2 Å². The van der Waals surface area contributed by atoms with Gasteiger partial charge in [0.1, 0.15) is 0 Å². The van der Waals surface area contributed by atoms with Gasteiger partial charge in [0.05, 0.1) is 4.88 Å². The van der Waals surface area contributed by atoms with E-state index in [9.17, 15) is 4.79 Å². The molecule has 2 nitrogen and oxygen atoms in total. The Kier molecular flexibility index (Phi) is 4.09. The lowest BCUT2D eigenvalue weighted by Crippen LogP contribution is -2.10. The highest BCUT2D eigenvalue weighted by Gasteiger charge is 2.09. The smallest absolute Gasteiger partial charge is 0.265 e. The number of rotatable bonds is 3. The number of anilines is 1. The maximum Gasteiger partial charge on any atom is 0.265 e. The fourth-order valence-corrected chi connectivity index (χ4v) is 2.66. The molecular weight excluding hydrogens is 262 g/mol. The van der Waals surface area contributed by atoms with Crippen molar-refractivity contribution in [2.45, 2.75) is 24.7 Å². The monoisotopic (exact) mass is 277 g/mol. The van der Waals surface area contributed by atoms with Gasteiger partial charge in [0, 0.05) is 16.0 Å². The van der Waals surface area contributed by atoms with Gasteiger partial charge in [0.25, 0.3) is 5.91 Å². The van der Waals surface area contributed by atoms with Crippen LogP contribution in [0.3, 0.4) is 0 Å². The number of nitrogens with one attached hydrogen (secondary N) is 1. The lowest BCUT2D eigenvalue weighted by Gasteiger charge is -2.08. The quantitative estimate of drug-likeness (QED) is 0.799. The van der Waals surface area contributed by atoms with E-state index in [0.717, 1.165) is 10.6 Å². The number of amides is 1. The highest BCUT2D eigenvalue weighted by molar-refractivity contribution is 7.80. The molecule has 94 valence electrons. The number of hydrogen-bond acceptors (Lipinski definition) is 3. The van der Waals surface area contributed by atoms with Crippen molar-refractivity contribution in [2.24, 2.45) is 0 Å². The van der Waals surface area contributed by atoms with Crippen LogP contribution in [0.15, 0.2) is 40.6 Å². The van der Waals surface area contributed by atoms with Gasteiger partial charge in [0.15, 0.2) is 0 Å². The summed E-state index contributed by atoms with van der Waals surface area (Å²) in [7, 11) is 0. The van der Waals surface area contributed by atoms with E-state index in [2.05, 4.69) is 37.9 Å². The molecule has 0 saturated carbocycles. The summed E-state index contributed by atoms with van der Waals surface area (Å²) in [6.45, 7) is 4.26. The fourth-order valence-electron chi connectivity index (χ4n) is 1.61. The molecule has 1 amide bonds. The van der Waals surface area contributed by atoms with E-state index in [1.807, 2.05) is 23.6 Å². The first-order valence-corrected chi connectivity index (χ1v) is 7.08. The van der Waals surface area contributed by atoms with Crippen LogP contribution in [0.4, 0.5) is 5.69 Å². The molecule has 1 aromatic heterocycles. The molecule has 0 aliphatic carbocycles. The Labute approximate surface area is 116 Å². The Bertz CT molecular complexity index is 560. The number of thiophene rings is 1. The van der Waals surface area contributed by atoms with Crippen LogP contribution in [0, 0.1) is 0 Å². The molecule has 18 heavy (non-hydrogen) atoms. The van der Waals surface area contributed by atoms with Gasteiger partial charge in [-0.05, 0) is 29.7 Å². The van der Waals surface area contributed by atoms with Crippen molar-refractivity contribution < 1.29 is 4.79 Å². The standard InChI is InChI=1S/C14H15NOS2/c1-9(2)10-4-3-5-11(6-10)15-14(16)13-7-12(17)8-18-13/h3-9,17H,1-2H3,(H,15,16). The first-order valence-electron chi connectivity index (χ1n) is 5.75. The van der Waals surface area contributed by atoms with Crippen molar-refractivity contribution in [1.29, 1.82) is 0 Å². The van der Waals surface area contributed by atoms with Crippen molar-refractivity contribution in [3.8, 4) is 0 Å². The van der Waals surface area contributed by atoms with Gasteiger partial charge in [-0.15, -0.1) is 24.0 Å². The third-order valence-corrected chi connectivity index (χ3v) is 3.98. The number of carbonyl (C=O) groups excluding carboxylic acids is 1. The maximum atomic E-state index is 12.0. The predicted molar refractivity (Wildman–Crippen MR) is 80.1 cm³/mol. The van der Waals surface area contributed by atoms with Crippen molar-refractivity contribution in [2.75, 3.05) is 5.32 Å². The molecule has 0 unspecified atom stereocenters. The average molecular weight is 277 g/mol. The Hall–Kier alpha value is -1.26. The molecule has 1 heterocycles. The minimum Gasteiger partial charge on any atom is -0.321 e. The molecule has 4 heteroatoms. The molecule has 0 aliphatic rings. The maximum absolute atomic E-state index is 12.0. The first-order chi connectivity index (χ1) is 8.56.